The van der Waals surface area contributed by atoms with Gasteiger partial charge in [0, 0.05) is 0 Å². The van der Waals surface area contributed by atoms with Crippen LogP contribution in [-0.4, -0.2) is 11.2 Å². The average Bonchev–Trinajstić information content (AvgIpc) is 2.87. The lowest BCUT2D eigenvalue weighted by Crippen LogP contribution is -2.43. The van der Waals surface area contributed by atoms with Gasteiger partial charge in [0.15, 0.2) is 0 Å². The van der Waals surface area contributed by atoms with E-state index in [0.717, 1.165) is 11.8 Å². The number of hydrogen-bond donors (Lipinski definition) is 0. The van der Waals surface area contributed by atoms with Crippen LogP contribution in [0.1, 0.15) is 91.9 Å². The summed E-state index contributed by atoms with van der Waals surface area (Å²) in [6.07, 6.45) is 13.3. The molecule has 2 aliphatic rings. The quantitative estimate of drug-likeness (QED) is 0.597. The van der Waals surface area contributed by atoms with Crippen molar-refractivity contribution in [2.45, 2.75) is 103 Å². The third-order valence-corrected chi connectivity index (χ3v) is 5.02. The number of hydrogen-bond acceptors (Lipinski definition) is 1. The van der Waals surface area contributed by atoms with Crippen molar-refractivity contribution in [3.8, 4) is 0 Å². The molecule has 1 heteroatoms. The molecule has 0 saturated heterocycles. The van der Waals surface area contributed by atoms with Crippen LogP contribution in [0.3, 0.4) is 0 Å². The molecule has 0 bridgehead atoms. The molecule has 0 unspecified atom stereocenters. The normalized spacial score (nSPS) is 25.6. The summed E-state index contributed by atoms with van der Waals surface area (Å²) in [7, 11) is 0. The summed E-state index contributed by atoms with van der Waals surface area (Å²) in [5.74, 6) is 1.52. The van der Waals surface area contributed by atoms with Crippen molar-refractivity contribution in [3.05, 3.63) is 0 Å². The van der Waals surface area contributed by atoms with Gasteiger partial charge in [0.2, 0.25) is 0 Å². The topological polar surface area (TPSA) is 9.23 Å². The first kappa shape index (κ1) is 15.4. The van der Waals surface area contributed by atoms with Crippen molar-refractivity contribution < 1.29 is 4.74 Å². The maximum atomic E-state index is 6.97. The lowest BCUT2D eigenvalue weighted by molar-refractivity contribution is -0.167. The molecule has 2 saturated carbocycles. The highest BCUT2D eigenvalue weighted by Gasteiger charge is 2.45. The van der Waals surface area contributed by atoms with Gasteiger partial charge in [0.1, 0.15) is 0 Å². The van der Waals surface area contributed by atoms with Crippen molar-refractivity contribution in [2.24, 2.45) is 11.8 Å². The molecule has 0 atom stereocenters. The molecule has 112 valence electrons. The summed E-state index contributed by atoms with van der Waals surface area (Å²) in [5.41, 5.74) is 0.459. The van der Waals surface area contributed by atoms with Crippen LogP contribution >= 0.6 is 0 Å². The van der Waals surface area contributed by atoms with E-state index in [9.17, 15) is 0 Å². The highest BCUT2D eigenvalue weighted by atomic mass is 16.5. The molecule has 2 fully saturated rings. The molecule has 0 N–H and O–H groups in total. The van der Waals surface area contributed by atoms with E-state index in [1.165, 1.54) is 64.2 Å². The summed E-state index contributed by atoms with van der Waals surface area (Å²) in [6, 6.07) is 0. The number of rotatable bonds is 6. The average molecular weight is 266 g/mol. The maximum absolute atomic E-state index is 6.97. The van der Waals surface area contributed by atoms with Crippen LogP contribution in [0.15, 0.2) is 0 Å². The van der Waals surface area contributed by atoms with Gasteiger partial charge in [-0.3, -0.25) is 0 Å². The third-order valence-electron chi connectivity index (χ3n) is 5.02. The largest absolute Gasteiger partial charge is 0.369 e. The Labute approximate surface area is 120 Å². The van der Waals surface area contributed by atoms with Crippen LogP contribution in [0.25, 0.3) is 0 Å². The minimum atomic E-state index is 0.230. The Kier molecular flexibility index (Phi) is 4.98. The van der Waals surface area contributed by atoms with Gasteiger partial charge < -0.3 is 4.74 Å². The lowest BCUT2D eigenvalue weighted by Gasteiger charge is -2.42. The Hall–Kier alpha value is -0.0400. The van der Waals surface area contributed by atoms with E-state index in [4.69, 9.17) is 4.74 Å². The Bertz CT molecular complexity index is 239. The Morgan fingerprint density at radius 1 is 0.684 bits per heavy atom. The fourth-order valence-corrected chi connectivity index (χ4v) is 4.68. The summed E-state index contributed by atoms with van der Waals surface area (Å²) in [4.78, 5) is 0. The standard InChI is InChI=1S/C18H34O/c1-15(2)13-17(9-5-6-10-17)19-18(14-16(3)4)11-7-8-12-18/h15-16H,5-14H2,1-4H3. The van der Waals surface area contributed by atoms with E-state index < -0.39 is 0 Å². The number of ether oxygens (including phenoxy) is 1. The van der Waals surface area contributed by atoms with Crippen LogP contribution < -0.4 is 0 Å². The molecule has 0 aliphatic heterocycles. The maximum Gasteiger partial charge on any atom is 0.0692 e. The van der Waals surface area contributed by atoms with Crippen molar-refractivity contribution >= 4 is 0 Å². The molecule has 2 rings (SSSR count). The van der Waals surface area contributed by atoms with Gasteiger partial charge in [0.05, 0.1) is 11.2 Å². The fraction of sp³-hybridized carbons (Fsp3) is 1.00. The van der Waals surface area contributed by atoms with E-state index in [1.54, 1.807) is 0 Å². The molecule has 0 heterocycles. The second-order valence-electron chi connectivity index (χ2n) is 8.08. The van der Waals surface area contributed by atoms with Gasteiger partial charge >= 0.3 is 0 Å². The van der Waals surface area contributed by atoms with Gasteiger partial charge in [-0.25, -0.2) is 0 Å². The second kappa shape index (κ2) is 6.16. The SMILES string of the molecule is CC(C)CC1(OC2(CC(C)C)CCCC2)CCCC1. The van der Waals surface area contributed by atoms with Gasteiger partial charge in [-0.15, -0.1) is 0 Å². The molecule has 0 radical (unpaired) electrons. The highest BCUT2D eigenvalue weighted by Crippen LogP contribution is 2.47. The van der Waals surface area contributed by atoms with Gasteiger partial charge in [0.25, 0.3) is 0 Å². The summed E-state index contributed by atoms with van der Waals surface area (Å²) in [5, 5.41) is 0. The van der Waals surface area contributed by atoms with Crippen LogP contribution in [0.2, 0.25) is 0 Å². The summed E-state index contributed by atoms with van der Waals surface area (Å²) < 4.78 is 6.97. The Morgan fingerprint density at radius 2 is 1.00 bits per heavy atom. The molecule has 0 spiro atoms. The van der Waals surface area contributed by atoms with Crippen molar-refractivity contribution in [3.63, 3.8) is 0 Å². The van der Waals surface area contributed by atoms with E-state index in [0.29, 0.717) is 0 Å². The second-order valence-corrected chi connectivity index (χ2v) is 8.08. The van der Waals surface area contributed by atoms with Gasteiger partial charge in [-0.1, -0.05) is 53.4 Å². The Morgan fingerprint density at radius 3 is 1.26 bits per heavy atom. The molecular formula is C18H34O. The van der Waals surface area contributed by atoms with Gasteiger partial charge in [-0.2, -0.15) is 0 Å². The molecule has 0 aromatic heterocycles. The molecule has 0 amide bonds. The molecule has 19 heavy (non-hydrogen) atoms. The molecule has 1 nitrogen and oxygen atoms in total. The Balaban J connectivity index is 2.09. The zero-order chi connectivity index (χ0) is 13.9. The van der Waals surface area contributed by atoms with E-state index in [2.05, 4.69) is 27.7 Å². The van der Waals surface area contributed by atoms with E-state index in [-0.39, 0.29) is 11.2 Å². The fourth-order valence-electron chi connectivity index (χ4n) is 4.68. The summed E-state index contributed by atoms with van der Waals surface area (Å²) >= 11 is 0. The molecule has 2 aliphatic carbocycles. The highest BCUT2D eigenvalue weighted by molar-refractivity contribution is 4.95. The monoisotopic (exact) mass is 266 g/mol. The van der Waals surface area contributed by atoms with E-state index in [1.807, 2.05) is 0 Å². The smallest absolute Gasteiger partial charge is 0.0692 e. The first-order valence-corrected chi connectivity index (χ1v) is 8.66. The molecule has 0 aromatic carbocycles. The lowest BCUT2D eigenvalue weighted by atomic mass is 9.86. The van der Waals surface area contributed by atoms with Crippen molar-refractivity contribution in [2.75, 3.05) is 0 Å². The van der Waals surface area contributed by atoms with Crippen LogP contribution in [0, 0.1) is 11.8 Å². The summed E-state index contributed by atoms with van der Waals surface area (Å²) in [6.45, 7) is 9.42. The van der Waals surface area contributed by atoms with Crippen LogP contribution in [0.4, 0.5) is 0 Å². The van der Waals surface area contributed by atoms with Crippen molar-refractivity contribution in [1.29, 1.82) is 0 Å². The van der Waals surface area contributed by atoms with Crippen LogP contribution in [-0.2, 0) is 4.74 Å². The van der Waals surface area contributed by atoms with E-state index >= 15 is 0 Å². The minimum absolute atomic E-state index is 0.230. The first-order chi connectivity index (χ1) is 8.95. The predicted octanol–water partition coefficient (Wildman–Crippen LogP) is 5.72. The van der Waals surface area contributed by atoms with Crippen LogP contribution in [0.5, 0.6) is 0 Å². The van der Waals surface area contributed by atoms with Gasteiger partial charge in [-0.05, 0) is 50.4 Å². The molecular weight excluding hydrogens is 232 g/mol. The first-order valence-electron chi connectivity index (χ1n) is 8.66. The van der Waals surface area contributed by atoms with Crippen molar-refractivity contribution in [1.82, 2.24) is 0 Å². The zero-order valence-electron chi connectivity index (χ0n) is 13.6. The zero-order valence-corrected chi connectivity index (χ0v) is 13.6. The third kappa shape index (κ3) is 3.97. The molecule has 0 aromatic rings. The predicted molar refractivity (Wildman–Crippen MR) is 82.4 cm³/mol. The minimum Gasteiger partial charge on any atom is -0.369 e.